The van der Waals surface area contributed by atoms with E-state index < -0.39 is 0 Å². The molecule has 4 heteroatoms. The van der Waals surface area contributed by atoms with Gasteiger partial charge in [-0.15, -0.1) is 27.7 Å². The van der Waals surface area contributed by atoms with Crippen LogP contribution in [-0.2, 0) is 0 Å². The zero-order valence-electron chi connectivity index (χ0n) is 13.4. The number of rotatable bonds is 12. The van der Waals surface area contributed by atoms with E-state index in [1.54, 1.807) is 0 Å². The average molecular weight is 320 g/mol. The highest BCUT2D eigenvalue weighted by molar-refractivity contribution is 7.33. The van der Waals surface area contributed by atoms with Crippen LogP contribution in [0.4, 0.5) is 0 Å². The summed E-state index contributed by atoms with van der Waals surface area (Å²) in [6.45, 7) is 7.75. The molecule has 0 heterocycles. The monoisotopic (exact) mass is 320 g/mol. The Bertz CT molecular complexity index is 169. The van der Waals surface area contributed by atoms with Gasteiger partial charge in [-0.2, -0.15) is 0 Å². The zero-order valence-corrected chi connectivity index (χ0v) is 16.9. The largest absolute Gasteiger partial charge is 0.161 e. The van der Waals surface area contributed by atoms with Gasteiger partial charge in [0.2, 0.25) is 0 Å². The Kier molecular flexibility index (Phi) is 14.0. The van der Waals surface area contributed by atoms with Gasteiger partial charge in [0.1, 0.15) is 0 Å². The van der Waals surface area contributed by atoms with Crippen LogP contribution in [0.1, 0.15) is 78.6 Å². The molecule has 0 spiro atoms. The summed E-state index contributed by atoms with van der Waals surface area (Å²) in [5.41, 5.74) is 2.37. The topological polar surface area (TPSA) is 0 Å². The summed E-state index contributed by atoms with van der Waals surface area (Å²) in [5.74, 6) is 0. The van der Waals surface area contributed by atoms with Crippen LogP contribution in [0.2, 0.25) is 0 Å². The molecule has 19 heavy (non-hydrogen) atoms. The Balaban J connectivity index is 4.50. The van der Waals surface area contributed by atoms with Crippen LogP contribution in [0, 0.1) is 0 Å². The highest BCUT2D eigenvalue weighted by Crippen LogP contribution is 2.30. The second-order valence-corrected chi connectivity index (χ2v) is 8.56. The predicted molar refractivity (Wildman–Crippen MR) is 105 cm³/mol. The van der Waals surface area contributed by atoms with E-state index in [4.69, 9.17) is 0 Å². The van der Waals surface area contributed by atoms with E-state index in [1.807, 2.05) is 0 Å². The maximum absolute atomic E-state index is 3.16. The van der Waals surface area contributed by atoms with Gasteiger partial charge >= 0.3 is 0 Å². The Labute approximate surface area is 130 Å². The summed E-state index contributed by atoms with van der Waals surface area (Å²) in [7, 11) is 9.49. The molecule has 114 valence electrons. The highest BCUT2D eigenvalue weighted by Gasteiger charge is 2.32. The first kappa shape index (κ1) is 20.4. The molecule has 0 amide bonds. The summed E-state index contributed by atoms with van der Waals surface area (Å²) in [6.07, 6.45) is 12.2. The first-order chi connectivity index (χ1) is 9.08. The van der Waals surface area contributed by atoms with Crippen molar-refractivity contribution in [3.05, 3.63) is 0 Å². The summed E-state index contributed by atoms with van der Waals surface area (Å²) in [6, 6.07) is 0. The van der Waals surface area contributed by atoms with Gasteiger partial charge in [0.05, 0.1) is 0 Å². The molecular formula is C15H36BP3. The molecule has 0 N–H and O–H groups in total. The Morgan fingerprint density at radius 3 is 1.11 bits per heavy atom. The van der Waals surface area contributed by atoms with Crippen molar-refractivity contribution >= 4 is 34.4 Å². The lowest BCUT2D eigenvalue weighted by Crippen LogP contribution is -2.44. The van der Waals surface area contributed by atoms with Gasteiger partial charge in [-0.25, -0.2) is 0 Å². The van der Waals surface area contributed by atoms with E-state index in [0.717, 1.165) is 23.4 Å². The normalized spacial score (nSPS) is 16.1. The summed E-state index contributed by atoms with van der Waals surface area (Å²) in [4.78, 5) is 0. The fourth-order valence-electron chi connectivity index (χ4n) is 2.85. The standard InChI is InChI=1S/C15H36BP3/c1-4-7-10-13(17)16(14(18)11-8-5-2)15(19)12-9-6-3/h13-15H,4-12,17-19H2,1-3H3. The molecule has 6 unspecified atom stereocenters. The second-order valence-electron chi connectivity index (χ2n) is 6.00. The van der Waals surface area contributed by atoms with Crippen LogP contribution in [0.25, 0.3) is 0 Å². The molecule has 0 aliphatic carbocycles. The van der Waals surface area contributed by atoms with Crippen LogP contribution in [-0.4, -0.2) is 23.4 Å². The van der Waals surface area contributed by atoms with Crippen LogP contribution < -0.4 is 0 Å². The summed E-state index contributed by atoms with van der Waals surface area (Å²) < 4.78 is 0. The van der Waals surface area contributed by atoms with Crippen LogP contribution >= 0.6 is 27.7 Å². The van der Waals surface area contributed by atoms with Crippen molar-refractivity contribution in [3.8, 4) is 0 Å². The van der Waals surface area contributed by atoms with E-state index in [1.165, 1.54) is 57.8 Å². The maximum Gasteiger partial charge on any atom is 0.161 e. The molecule has 0 nitrogen and oxygen atoms in total. The third kappa shape index (κ3) is 9.07. The van der Waals surface area contributed by atoms with Gasteiger partial charge in [-0.3, -0.25) is 0 Å². The van der Waals surface area contributed by atoms with Crippen molar-refractivity contribution in [2.75, 3.05) is 0 Å². The van der Waals surface area contributed by atoms with Gasteiger partial charge in [0, 0.05) is 0 Å². The van der Waals surface area contributed by atoms with E-state index in [0.29, 0.717) is 0 Å². The Morgan fingerprint density at radius 1 is 0.632 bits per heavy atom. The van der Waals surface area contributed by atoms with E-state index >= 15 is 0 Å². The molecule has 0 aliphatic rings. The van der Waals surface area contributed by atoms with Crippen molar-refractivity contribution in [3.63, 3.8) is 0 Å². The minimum atomic E-state index is 0.790. The van der Waals surface area contributed by atoms with Crippen molar-refractivity contribution in [1.82, 2.24) is 0 Å². The van der Waals surface area contributed by atoms with Crippen molar-refractivity contribution < 1.29 is 0 Å². The van der Waals surface area contributed by atoms with Crippen molar-refractivity contribution in [1.29, 1.82) is 0 Å². The lowest BCUT2D eigenvalue weighted by molar-refractivity contribution is 0.707. The molecule has 0 aromatic heterocycles. The highest BCUT2D eigenvalue weighted by atomic mass is 31.0. The smallest absolute Gasteiger partial charge is 0.142 e. The lowest BCUT2D eigenvalue weighted by atomic mass is 9.39. The molecule has 6 atom stereocenters. The lowest BCUT2D eigenvalue weighted by Gasteiger charge is -2.31. The minimum Gasteiger partial charge on any atom is -0.142 e. The molecule has 0 rings (SSSR count). The third-order valence-corrected chi connectivity index (χ3v) is 6.49. The van der Waals surface area contributed by atoms with Crippen molar-refractivity contribution in [2.45, 2.75) is 95.2 Å². The zero-order chi connectivity index (χ0) is 14.7. The van der Waals surface area contributed by atoms with Crippen LogP contribution in [0.3, 0.4) is 0 Å². The van der Waals surface area contributed by atoms with Crippen molar-refractivity contribution in [2.24, 2.45) is 0 Å². The van der Waals surface area contributed by atoms with Gasteiger partial charge in [-0.1, -0.05) is 78.6 Å². The number of hydrogen-bond acceptors (Lipinski definition) is 0. The molecular weight excluding hydrogens is 284 g/mol. The van der Waals surface area contributed by atoms with Gasteiger partial charge < -0.3 is 0 Å². The van der Waals surface area contributed by atoms with E-state index in [9.17, 15) is 0 Å². The molecule has 0 bridgehead atoms. The quantitative estimate of drug-likeness (QED) is 0.334. The maximum atomic E-state index is 3.16. The van der Waals surface area contributed by atoms with Gasteiger partial charge in [0.15, 0.2) is 6.71 Å². The summed E-state index contributed by atoms with van der Waals surface area (Å²) >= 11 is 0. The molecule has 0 aliphatic heterocycles. The number of unbranched alkanes of at least 4 members (excludes halogenated alkanes) is 3. The van der Waals surface area contributed by atoms with Gasteiger partial charge in [-0.05, 0) is 16.7 Å². The predicted octanol–water partition coefficient (Wildman–Crippen LogP) is 5.40. The third-order valence-electron chi connectivity index (χ3n) is 4.16. The first-order valence-corrected chi connectivity index (χ1v) is 10.3. The molecule has 0 fully saturated rings. The Morgan fingerprint density at radius 2 is 0.895 bits per heavy atom. The molecule has 0 aromatic carbocycles. The number of hydrogen-bond donors (Lipinski definition) is 0. The molecule has 0 aromatic rings. The molecule has 0 saturated carbocycles. The van der Waals surface area contributed by atoms with E-state index in [2.05, 4.69) is 48.5 Å². The molecule has 0 radical (unpaired) electrons. The van der Waals surface area contributed by atoms with Crippen LogP contribution in [0.15, 0.2) is 0 Å². The van der Waals surface area contributed by atoms with E-state index in [-0.39, 0.29) is 0 Å². The second kappa shape index (κ2) is 13.0. The average Bonchev–Trinajstić information content (AvgIpc) is 2.40. The summed E-state index contributed by atoms with van der Waals surface area (Å²) in [5, 5.41) is 0. The van der Waals surface area contributed by atoms with Crippen LogP contribution in [0.5, 0.6) is 0 Å². The minimum absolute atomic E-state index is 0.790. The SMILES string of the molecule is CCCCC(P)B(C(P)CCCC)C(P)CCCC. The fourth-order valence-corrected chi connectivity index (χ4v) is 6.04. The Hall–Kier alpha value is 1.35. The fraction of sp³-hybridized carbons (Fsp3) is 1.00. The molecule has 0 saturated heterocycles. The van der Waals surface area contributed by atoms with Gasteiger partial charge in [0.25, 0.3) is 0 Å². The first-order valence-electron chi connectivity index (χ1n) is 8.35.